The van der Waals surface area contributed by atoms with Gasteiger partial charge in [-0.1, -0.05) is 46.1 Å². The van der Waals surface area contributed by atoms with E-state index in [9.17, 15) is 14.7 Å². The molecule has 0 spiro atoms. The molecular weight excluding hydrogens is 260 g/mol. The van der Waals surface area contributed by atoms with E-state index in [1.54, 1.807) is 19.9 Å². The van der Waals surface area contributed by atoms with Crippen molar-refractivity contribution in [3.63, 3.8) is 0 Å². The maximum Gasteiger partial charge on any atom is 0.331 e. The van der Waals surface area contributed by atoms with Crippen LogP contribution in [0, 0.1) is 5.41 Å². The van der Waals surface area contributed by atoms with Gasteiger partial charge in [0.1, 0.15) is 0 Å². The molecule has 0 amide bonds. The third kappa shape index (κ3) is 7.15. The topological polar surface area (TPSA) is 63.6 Å². The molecule has 5 heteroatoms. The van der Waals surface area contributed by atoms with Gasteiger partial charge in [-0.25, -0.2) is 4.79 Å². The van der Waals surface area contributed by atoms with E-state index < -0.39 is 11.4 Å². The first kappa shape index (κ1) is 17.9. The van der Waals surface area contributed by atoms with Gasteiger partial charge < -0.3 is 9.53 Å². The molecule has 0 aliphatic carbocycles. The lowest BCUT2D eigenvalue weighted by atomic mass is 9.80. The summed E-state index contributed by atoms with van der Waals surface area (Å²) in [4.78, 5) is 22.7. The van der Waals surface area contributed by atoms with Crippen LogP contribution in [0.1, 0.15) is 59.3 Å². The third-order valence-corrected chi connectivity index (χ3v) is 3.63. The van der Waals surface area contributed by atoms with Crippen LogP contribution in [-0.4, -0.2) is 27.5 Å². The third-order valence-electron chi connectivity index (χ3n) is 3.18. The molecule has 1 N–H and O–H groups in total. The molecule has 4 nitrogen and oxygen atoms in total. The number of carbonyl (C=O) groups excluding carboxylic acids is 1. The minimum absolute atomic E-state index is 0.115. The molecule has 0 aromatic carbocycles. The first-order valence-electron chi connectivity index (χ1n) is 6.86. The second kappa shape index (κ2) is 8.91. The SMILES string of the molecule is CCCCCCC=C(C(=O)O)C(C)(C)CC(=O)O[SiH3]. The van der Waals surface area contributed by atoms with E-state index in [0.29, 0.717) is 16.1 Å². The van der Waals surface area contributed by atoms with Gasteiger partial charge in [0.05, 0.1) is 6.42 Å². The fourth-order valence-corrected chi connectivity index (χ4v) is 2.14. The van der Waals surface area contributed by atoms with Crippen molar-refractivity contribution >= 4 is 22.4 Å². The van der Waals surface area contributed by atoms with Crippen LogP contribution in [0.3, 0.4) is 0 Å². The number of hydrogen-bond donors (Lipinski definition) is 1. The quantitative estimate of drug-likeness (QED) is 0.401. The lowest BCUT2D eigenvalue weighted by molar-refractivity contribution is -0.137. The highest BCUT2D eigenvalue weighted by atomic mass is 28.2. The van der Waals surface area contributed by atoms with Gasteiger partial charge in [-0.05, 0) is 12.8 Å². The molecule has 0 saturated carbocycles. The summed E-state index contributed by atoms with van der Waals surface area (Å²) in [6.07, 6.45) is 7.07. The van der Waals surface area contributed by atoms with Crippen molar-refractivity contribution in [1.29, 1.82) is 0 Å². The maximum absolute atomic E-state index is 11.4. The number of allylic oxidation sites excluding steroid dienone is 1. The Morgan fingerprint density at radius 3 is 2.37 bits per heavy atom. The lowest BCUT2D eigenvalue weighted by Crippen LogP contribution is -2.25. The molecule has 0 saturated heterocycles. The minimum atomic E-state index is -0.943. The molecule has 0 heterocycles. The van der Waals surface area contributed by atoms with Gasteiger partial charge in [0.2, 0.25) is 10.5 Å². The molecule has 0 aromatic rings. The van der Waals surface area contributed by atoms with Crippen LogP contribution in [-0.2, 0) is 14.0 Å². The zero-order valence-corrected chi connectivity index (χ0v) is 14.5. The molecule has 0 aromatic heterocycles. The van der Waals surface area contributed by atoms with E-state index in [1.807, 2.05) is 0 Å². The fraction of sp³-hybridized carbons (Fsp3) is 0.714. The first-order chi connectivity index (χ1) is 8.85. The molecule has 0 bridgehead atoms. The van der Waals surface area contributed by atoms with Gasteiger partial charge >= 0.3 is 5.97 Å². The second-order valence-electron chi connectivity index (χ2n) is 5.41. The van der Waals surface area contributed by atoms with E-state index in [0.717, 1.165) is 25.7 Å². The standard InChI is InChI=1S/C14H26O4Si/c1-4-5-6-7-8-9-11(13(16)17)14(2,3)10-12(15)18-19/h9H,4-8,10H2,1-3,19H3,(H,16,17). The Hall–Kier alpha value is -1.10. The zero-order chi connectivity index (χ0) is 14.9. The molecule has 0 fully saturated rings. The first-order valence-corrected chi connectivity index (χ1v) is 7.67. The Balaban J connectivity index is 4.65. The van der Waals surface area contributed by atoms with E-state index in [1.165, 1.54) is 6.42 Å². The molecule has 0 unspecified atom stereocenters. The van der Waals surface area contributed by atoms with Crippen molar-refractivity contribution in [2.45, 2.75) is 59.3 Å². The highest BCUT2D eigenvalue weighted by molar-refractivity contribution is 6.05. The lowest BCUT2D eigenvalue weighted by Gasteiger charge is -2.24. The van der Waals surface area contributed by atoms with Gasteiger partial charge in [0.15, 0.2) is 0 Å². The Morgan fingerprint density at radius 2 is 1.89 bits per heavy atom. The van der Waals surface area contributed by atoms with Crippen LogP contribution in [0.2, 0.25) is 0 Å². The highest BCUT2D eigenvalue weighted by Gasteiger charge is 2.31. The van der Waals surface area contributed by atoms with Crippen molar-refractivity contribution < 1.29 is 19.1 Å². The average Bonchev–Trinajstić information content (AvgIpc) is 2.32. The van der Waals surface area contributed by atoms with Gasteiger partial charge in [-0.15, -0.1) is 0 Å². The van der Waals surface area contributed by atoms with Crippen LogP contribution in [0.5, 0.6) is 0 Å². The van der Waals surface area contributed by atoms with Crippen LogP contribution in [0.25, 0.3) is 0 Å². The smallest absolute Gasteiger partial charge is 0.331 e. The molecular formula is C14H26O4Si. The van der Waals surface area contributed by atoms with E-state index >= 15 is 0 Å². The van der Waals surface area contributed by atoms with Crippen molar-refractivity contribution in [1.82, 2.24) is 0 Å². The molecule has 110 valence electrons. The zero-order valence-electron chi connectivity index (χ0n) is 12.5. The second-order valence-corrected chi connectivity index (χ2v) is 5.82. The number of unbranched alkanes of at least 4 members (excludes halogenated alkanes) is 4. The Labute approximate surface area is 118 Å². The molecule has 0 atom stereocenters. The summed E-state index contributed by atoms with van der Waals surface area (Å²) >= 11 is 0. The number of carbonyl (C=O) groups is 2. The molecule has 0 rings (SSSR count). The molecule has 0 aliphatic rings. The summed E-state index contributed by atoms with van der Waals surface area (Å²) in [5.41, 5.74) is -0.367. The van der Waals surface area contributed by atoms with Crippen molar-refractivity contribution in [3.05, 3.63) is 11.6 Å². The maximum atomic E-state index is 11.4. The molecule has 0 radical (unpaired) electrons. The Morgan fingerprint density at radius 1 is 1.26 bits per heavy atom. The minimum Gasteiger partial charge on any atom is -0.529 e. The largest absolute Gasteiger partial charge is 0.529 e. The summed E-state index contributed by atoms with van der Waals surface area (Å²) < 4.78 is 4.75. The normalized spacial score (nSPS) is 12.5. The van der Waals surface area contributed by atoms with E-state index in [4.69, 9.17) is 4.43 Å². The number of hydrogen-bond acceptors (Lipinski definition) is 3. The van der Waals surface area contributed by atoms with Crippen LogP contribution in [0.15, 0.2) is 11.6 Å². The predicted molar refractivity (Wildman–Crippen MR) is 78.9 cm³/mol. The summed E-state index contributed by atoms with van der Waals surface area (Å²) in [6, 6.07) is 0. The number of rotatable bonds is 9. The van der Waals surface area contributed by atoms with Crippen LogP contribution in [0.4, 0.5) is 0 Å². The van der Waals surface area contributed by atoms with Gasteiger partial charge in [-0.2, -0.15) is 0 Å². The number of carboxylic acid groups (broad SMARTS) is 1. The van der Waals surface area contributed by atoms with Gasteiger partial charge in [0.25, 0.3) is 5.97 Å². The average molecular weight is 286 g/mol. The Bertz CT molecular complexity index is 334. The molecule has 0 aliphatic heterocycles. The van der Waals surface area contributed by atoms with Crippen LogP contribution < -0.4 is 0 Å². The van der Waals surface area contributed by atoms with E-state index in [2.05, 4.69) is 6.92 Å². The van der Waals surface area contributed by atoms with Crippen molar-refractivity contribution in [2.24, 2.45) is 5.41 Å². The number of carboxylic acids is 1. The van der Waals surface area contributed by atoms with Gasteiger partial charge in [0, 0.05) is 11.0 Å². The van der Waals surface area contributed by atoms with Crippen molar-refractivity contribution in [2.75, 3.05) is 0 Å². The van der Waals surface area contributed by atoms with Crippen molar-refractivity contribution in [3.8, 4) is 0 Å². The summed E-state index contributed by atoms with van der Waals surface area (Å²) in [5, 5.41) is 9.29. The van der Waals surface area contributed by atoms with Crippen LogP contribution >= 0.6 is 0 Å². The van der Waals surface area contributed by atoms with E-state index in [-0.39, 0.29) is 12.4 Å². The Kier molecular flexibility index (Phi) is 8.39. The fourth-order valence-electron chi connectivity index (χ4n) is 2.00. The number of aliphatic carboxylic acids is 1. The highest BCUT2D eigenvalue weighted by Crippen LogP contribution is 2.31. The summed E-state index contributed by atoms with van der Waals surface area (Å²) in [7, 11) is 0.346. The predicted octanol–water partition coefficient (Wildman–Crippen LogP) is 2.21. The summed E-state index contributed by atoms with van der Waals surface area (Å²) in [6.45, 7) is 5.69. The summed E-state index contributed by atoms with van der Waals surface area (Å²) in [5.74, 6) is -1.27. The molecule has 19 heavy (non-hydrogen) atoms. The monoisotopic (exact) mass is 286 g/mol. The van der Waals surface area contributed by atoms with Gasteiger partial charge in [-0.3, -0.25) is 4.79 Å².